The number of nitrogens with zero attached hydrogens (tertiary/aromatic N) is 4. The van der Waals surface area contributed by atoms with Gasteiger partial charge in [-0.25, -0.2) is 4.68 Å². The number of carbonyl (C=O) groups is 1. The molecule has 0 fully saturated rings. The maximum absolute atomic E-state index is 12.8. The summed E-state index contributed by atoms with van der Waals surface area (Å²) < 4.78 is 6.30. The summed E-state index contributed by atoms with van der Waals surface area (Å²) in [6.45, 7) is 2.11. The average Bonchev–Trinajstić information content (AvgIpc) is 3.16. The van der Waals surface area contributed by atoms with E-state index in [-0.39, 0.29) is 30.2 Å². The molecule has 140 valence electrons. The summed E-state index contributed by atoms with van der Waals surface area (Å²) in [6.07, 6.45) is 1.67. The fourth-order valence-corrected chi connectivity index (χ4v) is 2.92. The first-order valence-electron chi connectivity index (χ1n) is 8.72. The van der Waals surface area contributed by atoms with Crippen molar-refractivity contribution in [1.29, 1.82) is 0 Å². The molecule has 0 aliphatic carbocycles. The van der Waals surface area contributed by atoms with Gasteiger partial charge >= 0.3 is 0 Å². The molecule has 0 unspecified atom stereocenters. The Morgan fingerprint density at radius 1 is 1.14 bits per heavy atom. The van der Waals surface area contributed by atoms with Crippen LogP contribution in [0.15, 0.2) is 64.0 Å². The van der Waals surface area contributed by atoms with E-state index in [0.29, 0.717) is 22.2 Å². The van der Waals surface area contributed by atoms with Gasteiger partial charge in [0.05, 0.1) is 29.9 Å². The number of fused-ring (bicyclic) bond motifs is 1. The first kappa shape index (κ1) is 17.6. The van der Waals surface area contributed by atoms with Crippen LogP contribution < -0.4 is 10.9 Å². The SMILES string of the molecule is Cc1cc(C(=O)NCc2nn(Cc3ccccn3)c(=O)c3ccccc23)no1. The molecule has 0 aliphatic rings. The van der Waals surface area contributed by atoms with E-state index >= 15 is 0 Å². The molecular formula is C20H17N5O3. The molecule has 0 radical (unpaired) electrons. The van der Waals surface area contributed by atoms with E-state index < -0.39 is 0 Å². The molecule has 4 rings (SSSR count). The number of carbonyl (C=O) groups excluding carboxylic acids is 1. The fourth-order valence-electron chi connectivity index (χ4n) is 2.92. The third-order valence-electron chi connectivity index (χ3n) is 4.26. The Balaban J connectivity index is 1.67. The highest BCUT2D eigenvalue weighted by molar-refractivity contribution is 5.92. The van der Waals surface area contributed by atoms with Crippen LogP contribution in [-0.2, 0) is 13.1 Å². The number of amides is 1. The summed E-state index contributed by atoms with van der Waals surface area (Å²) >= 11 is 0. The van der Waals surface area contributed by atoms with E-state index in [1.54, 1.807) is 31.3 Å². The summed E-state index contributed by atoms with van der Waals surface area (Å²) in [5.74, 6) is 0.183. The van der Waals surface area contributed by atoms with Crippen LogP contribution >= 0.6 is 0 Å². The second-order valence-corrected chi connectivity index (χ2v) is 6.28. The Morgan fingerprint density at radius 3 is 2.64 bits per heavy atom. The minimum absolute atomic E-state index is 0.147. The second-order valence-electron chi connectivity index (χ2n) is 6.28. The summed E-state index contributed by atoms with van der Waals surface area (Å²) in [7, 11) is 0. The van der Waals surface area contributed by atoms with E-state index in [1.807, 2.05) is 30.3 Å². The number of aryl methyl sites for hydroxylation is 1. The molecule has 1 aromatic carbocycles. The van der Waals surface area contributed by atoms with Crippen LogP contribution in [-0.4, -0.2) is 25.8 Å². The third-order valence-corrected chi connectivity index (χ3v) is 4.26. The fraction of sp³-hybridized carbons (Fsp3) is 0.150. The van der Waals surface area contributed by atoms with Crippen LogP contribution in [0.1, 0.15) is 27.6 Å². The predicted octanol–water partition coefficient (Wildman–Crippen LogP) is 2.07. The molecule has 4 aromatic rings. The molecule has 3 heterocycles. The van der Waals surface area contributed by atoms with Gasteiger partial charge in [-0.1, -0.05) is 29.4 Å². The number of hydrogen-bond donors (Lipinski definition) is 1. The minimum atomic E-state index is -0.370. The minimum Gasteiger partial charge on any atom is -0.361 e. The lowest BCUT2D eigenvalue weighted by Crippen LogP contribution is -2.29. The van der Waals surface area contributed by atoms with Crippen LogP contribution in [0.5, 0.6) is 0 Å². The molecule has 1 N–H and O–H groups in total. The average molecular weight is 375 g/mol. The van der Waals surface area contributed by atoms with E-state index in [1.165, 1.54) is 4.68 Å². The third kappa shape index (κ3) is 3.52. The first-order chi connectivity index (χ1) is 13.6. The van der Waals surface area contributed by atoms with Gasteiger partial charge < -0.3 is 9.84 Å². The van der Waals surface area contributed by atoms with Crippen molar-refractivity contribution in [3.05, 3.63) is 87.9 Å². The van der Waals surface area contributed by atoms with Crippen molar-refractivity contribution in [3.63, 3.8) is 0 Å². The largest absolute Gasteiger partial charge is 0.361 e. The maximum Gasteiger partial charge on any atom is 0.275 e. The van der Waals surface area contributed by atoms with Crippen molar-refractivity contribution in [2.45, 2.75) is 20.0 Å². The van der Waals surface area contributed by atoms with E-state index in [2.05, 4.69) is 20.6 Å². The van der Waals surface area contributed by atoms with Gasteiger partial charge in [0, 0.05) is 17.6 Å². The second kappa shape index (κ2) is 7.43. The van der Waals surface area contributed by atoms with Crippen molar-refractivity contribution in [2.75, 3.05) is 0 Å². The molecule has 28 heavy (non-hydrogen) atoms. The zero-order valence-corrected chi connectivity index (χ0v) is 15.1. The number of pyridine rings is 1. The highest BCUT2D eigenvalue weighted by Gasteiger charge is 2.14. The van der Waals surface area contributed by atoms with Crippen molar-refractivity contribution in [2.24, 2.45) is 0 Å². The Morgan fingerprint density at radius 2 is 1.93 bits per heavy atom. The van der Waals surface area contributed by atoms with Crippen LogP contribution in [0.25, 0.3) is 10.8 Å². The first-order valence-corrected chi connectivity index (χ1v) is 8.72. The maximum atomic E-state index is 12.8. The van der Waals surface area contributed by atoms with Crippen molar-refractivity contribution >= 4 is 16.7 Å². The highest BCUT2D eigenvalue weighted by Crippen LogP contribution is 2.14. The van der Waals surface area contributed by atoms with Crippen molar-refractivity contribution in [3.8, 4) is 0 Å². The van der Waals surface area contributed by atoms with Gasteiger partial charge in [-0.3, -0.25) is 14.6 Å². The van der Waals surface area contributed by atoms with Gasteiger partial charge in [-0.05, 0) is 25.1 Å². The van der Waals surface area contributed by atoms with E-state index in [0.717, 1.165) is 5.69 Å². The Bertz CT molecular complexity index is 1200. The van der Waals surface area contributed by atoms with Gasteiger partial charge in [0.15, 0.2) is 5.69 Å². The summed E-state index contributed by atoms with van der Waals surface area (Å²) in [5, 5.41) is 12.2. The van der Waals surface area contributed by atoms with E-state index in [9.17, 15) is 9.59 Å². The molecule has 1 amide bonds. The standard InChI is InChI=1S/C20H17N5O3/c1-13-10-17(24-28-13)19(26)22-11-18-15-7-2-3-8-16(15)20(27)25(23-18)12-14-6-4-5-9-21-14/h2-10H,11-12H2,1H3,(H,22,26). The zero-order chi connectivity index (χ0) is 19.5. The smallest absolute Gasteiger partial charge is 0.275 e. The molecule has 0 atom stereocenters. The normalized spacial score (nSPS) is 10.9. The van der Waals surface area contributed by atoms with Crippen LogP contribution in [0.3, 0.4) is 0 Å². The summed E-state index contributed by atoms with van der Waals surface area (Å²) in [4.78, 5) is 29.3. The quantitative estimate of drug-likeness (QED) is 0.573. The molecule has 0 saturated heterocycles. The predicted molar refractivity (Wildman–Crippen MR) is 102 cm³/mol. The number of benzene rings is 1. The molecule has 8 heteroatoms. The summed E-state index contributed by atoms with van der Waals surface area (Å²) in [5.41, 5.74) is 1.30. The number of aromatic nitrogens is 4. The van der Waals surface area contributed by atoms with Gasteiger partial charge in [-0.2, -0.15) is 5.10 Å². The lowest BCUT2D eigenvalue weighted by molar-refractivity contribution is 0.0941. The molecule has 8 nitrogen and oxygen atoms in total. The topological polar surface area (TPSA) is 103 Å². The molecule has 0 spiro atoms. The number of rotatable bonds is 5. The molecular weight excluding hydrogens is 358 g/mol. The highest BCUT2D eigenvalue weighted by atomic mass is 16.5. The molecule has 0 aliphatic heterocycles. The van der Waals surface area contributed by atoms with Gasteiger partial charge in [0.2, 0.25) is 0 Å². The Hall–Kier alpha value is -3.81. The molecule has 3 aromatic heterocycles. The monoisotopic (exact) mass is 375 g/mol. The molecule has 0 bridgehead atoms. The number of nitrogens with one attached hydrogen (secondary N) is 1. The number of hydrogen-bond acceptors (Lipinski definition) is 6. The van der Waals surface area contributed by atoms with Crippen LogP contribution in [0.4, 0.5) is 0 Å². The van der Waals surface area contributed by atoms with Crippen molar-refractivity contribution in [1.82, 2.24) is 25.2 Å². The van der Waals surface area contributed by atoms with Gasteiger partial charge in [-0.15, -0.1) is 0 Å². The zero-order valence-electron chi connectivity index (χ0n) is 15.1. The Labute approximate surface area is 159 Å². The lowest BCUT2D eigenvalue weighted by atomic mass is 10.1. The summed E-state index contributed by atoms with van der Waals surface area (Å²) in [6, 6.07) is 14.3. The Kier molecular flexibility index (Phi) is 4.67. The van der Waals surface area contributed by atoms with Crippen molar-refractivity contribution < 1.29 is 9.32 Å². The van der Waals surface area contributed by atoms with Crippen LogP contribution in [0, 0.1) is 6.92 Å². The van der Waals surface area contributed by atoms with E-state index in [4.69, 9.17) is 4.52 Å². The molecule has 0 saturated carbocycles. The van der Waals surface area contributed by atoms with Gasteiger partial charge in [0.25, 0.3) is 11.5 Å². The lowest BCUT2D eigenvalue weighted by Gasteiger charge is -2.11. The van der Waals surface area contributed by atoms with Crippen LogP contribution in [0.2, 0.25) is 0 Å². The van der Waals surface area contributed by atoms with Gasteiger partial charge in [0.1, 0.15) is 5.76 Å².